The third-order valence-electron chi connectivity index (χ3n) is 4.53. The van der Waals surface area contributed by atoms with Crippen LogP contribution in [0.2, 0.25) is 0 Å². The van der Waals surface area contributed by atoms with Crippen LogP contribution in [0.15, 0.2) is 65.9 Å². The van der Waals surface area contributed by atoms with Gasteiger partial charge in [0.1, 0.15) is 11.6 Å². The quantitative estimate of drug-likeness (QED) is 0.749. The average molecular weight is 332 g/mol. The summed E-state index contributed by atoms with van der Waals surface area (Å²) in [5, 5.41) is 18.9. The number of fused-ring (bicyclic) bond motifs is 1. The van der Waals surface area contributed by atoms with E-state index in [0.717, 1.165) is 48.3 Å². The molecule has 1 saturated heterocycles. The van der Waals surface area contributed by atoms with Gasteiger partial charge in [-0.25, -0.2) is 4.98 Å². The highest BCUT2D eigenvalue weighted by molar-refractivity contribution is 6.02. The second-order valence-corrected chi connectivity index (χ2v) is 6.09. The monoisotopic (exact) mass is 332 g/mol. The van der Waals surface area contributed by atoms with Crippen LogP contribution in [0.1, 0.15) is 5.56 Å². The number of piperazine rings is 1. The molecule has 126 valence electrons. The Labute approximate surface area is 146 Å². The molecule has 5 nitrogen and oxygen atoms in total. The molecule has 5 heteroatoms. The first-order chi connectivity index (χ1) is 12.3. The molecule has 2 aromatic carbocycles. The van der Waals surface area contributed by atoms with Gasteiger partial charge >= 0.3 is 0 Å². The summed E-state index contributed by atoms with van der Waals surface area (Å²) in [4.78, 5) is 6.67. The zero-order valence-corrected chi connectivity index (χ0v) is 13.9. The molecule has 1 fully saturated rings. The van der Waals surface area contributed by atoms with Gasteiger partial charge in [0.15, 0.2) is 0 Å². The minimum absolute atomic E-state index is 0.259. The second-order valence-electron chi connectivity index (χ2n) is 6.09. The number of hydrogen-bond donors (Lipinski definition) is 1. The Bertz CT molecular complexity index is 887. The highest BCUT2D eigenvalue weighted by Gasteiger charge is 2.16. The minimum atomic E-state index is 0.259. The summed E-state index contributed by atoms with van der Waals surface area (Å²) in [7, 11) is 0. The van der Waals surface area contributed by atoms with Crippen molar-refractivity contribution in [1.29, 1.82) is 0 Å². The number of phenols is 1. The first-order valence-corrected chi connectivity index (χ1v) is 8.47. The smallest absolute Gasteiger partial charge is 0.128 e. The molecule has 1 N–H and O–H groups in total. The van der Waals surface area contributed by atoms with Gasteiger partial charge < -0.3 is 10.0 Å². The molecule has 25 heavy (non-hydrogen) atoms. The summed E-state index contributed by atoms with van der Waals surface area (Å²) in [6, 6.07) is 17.6. The summed E-state index contributed by atoms with van der Waals surface area (Å²) in [5.41, 5.74) is 0.769. The van der Waals surface area contributed by atoms with Crippen molar-refractivity contribution in [2.45, 2.75) is 0 Å². The predicted molar refractivity (Wildman–Crippen MR) is 101 cm³/mol. The fourth-order valence-electron chi connectivity index (χ4n) is 3.14. The van der Waals surface area contributed by atoms with Crippen molar-refractivity contribution in [3.63, 3.8) is 0 Å². The first kappa shape index (κ1) is 15.4. The fraction of sp³-hybridized carbons (Fsp3) is 0.200. The number of nitrogens with zero attached hydrogens (tertiary/aromatic N) is 4. The Morgan fingerprint density at radius 3 is 2.52 bits per heavy atom. The fourth-order valence-corrected chi connectivity index (χ4v) is 3.14. The van der Waals surface area contributed by atoms with Crippen LogP contribution in [-0.4, -0.2) is 47.5 Å². The highest BCUT2D eigenvalue weighted by Crippen LogP contribution is 2.25. The number of aromatic nitrogens is 1. The molecule has 0 unspecified atom stereocenters. The zero-order chi connectivity index (χ0) is 17.1. The summed E-state index contributed by atoms with van der Waals surface area (Å²) in [6.07, 6.45) is 3.59. The average Bonchev–Trinajstić information content (AvgIpc) is 2.68. The van der Waals surface area contributed by atoms with Crippen LogP contribution in [0.25, 0.3) is 10.8 Å². The van der Waals surface area contributed by atoms with Gasteiger partial charge in [-0.15, -0.1) is 0 Å². The number of phenolic OH excluding ortho intramolecular Hbond substituents is 1. The predicted octanol–water partition coefficient (Wildman–Crippen LogP) is 3.10. The lowest BCUT2D eigenvalue weighted by Gasteiger charge is -2.33. The van der Waals surface area contributed by atoms with Crippen LogP contribution in [0.5, 0.6) is 5.75 Å². The summed E-state index contributed by atoms with van der Waals surface area (Å²) in [6.45, 7) is 3.43. The van der Waals surface area contributed by atoms with E-state index in [1.165, 1.54) is 0 Å². The van der Waals surface area contributed by atoms with Gasteiger partial charge in [-0.2, -0.15) is 5.10 Å². The normalized spacial score (nSPS) is 15.2. The van der Waals surface area contributed by atoms with E-state index < -0.39 is 0 Å². The molecule has 0 amide bonds. The van der Waals surface area contributed by atoms with Crippen molar-refractivity contribution in [3.05, 3.63) is 66.4 Å². The third-order valence-corrected chi connectivity index (χ3v) is 4.53. The summed E-state index contributed by atoms with van der Waals surface area (Å²) in [5.74, 6) is 1.27. The van der Waals surface area contributed by atoms with Crippen LogP contribution in [-0.2, 0) is 0 Å². The van der Waals surface area contributed by atoms with Crippen LogP contribution in [0.4, 0.5) is 5.82 Å². The van der Waals surface area contributed by atoms with Crippen LogP contribution >= 0.6 is 0 Å². The van der Waals surface area contributed by atoms with Gasteiger partial charge in [-0.3, -0.25) is 5.01 Å². The maximum atomic E-state index is 10.2. The van der Waals surface area contributed by atoms with Crippen LogP contribution in [0, 0.1) is 0 Å². The maximum absolute atomic E-state index is 10.2. The molecule has 3 aromatic rings. The first-order valence-electron chi connectivity index (χ1n) is 8.47. The lowest BCUT2D eigenvalue weighted by atomic mass is 10.0. The standard InChI is InChI=1S/C20H20N4O/c25-19-9-8-16-5-1-2-6-17(16)18(19)15-22-24-13-11-23(12-14-24)20-7-3-4-10-21-20/h1-10,15,25H,11-14H2/b22-15+. The Kier molecular flexibility index (Phi) is 4.21. The topological polar surface area (TPSA) is 52.0 Å². The van der Waals surface area contributed by atoms with Gasteiger partial charge in [-0.1, -0.05) is 36.4 Å². The van der Waals surface area contributed by atoms with Crippen molar-refractivity contribution in [2.24, 2.45) is 5.10 Å². The highest BCUT2D eigenvalue weighted by atomic mass is 16.3. The largest absolute Gasteiger partial charge is 0.507 e. The van der Waals surface area contributed by atoms with E-state index in [4.69, 9.17) is 0 Å². The molecule has 0 saturated carbocycles. The van der Waals surface area contributed by atoms with E-state index in [0.29, 0.717) is 0 Å². The van der Waals surface area contributed by atoms with Crippen molar-refractivity contribution in [2.75, 3.05) is 31.1 Å². The molecule has 0 radical (unpaired) electrons. The van der Waals surface area contributed by atoms with E-state index in [9.17, 15) is 5.11 Å². The molecule has 4 rings (SSSR count). The lowest BCUT2D eigenvalue weighted by molar-refractivity contribution is 0.271. The number of pyridine rings is 1. The molecular formula is C20H20N4O. The zero-order valence-electron chi connectivity index (χ0n) is 13.9. The van der Waals surface area contributed by atoms with Gasteiger partial charge in [-0.05, 0) is 29.0 Å². The van der Waals surface area contributed by atoms with Crippen molar-refractivity contribution in [3.8, 4) is 5.75 Å². The molecule has 1 aliphatic rings. The van der Waals surface area contributed by atoms with E-state index in [2.05, 4.69) is 15.0 Å². The van der Waals surface area contributed by atoms with Gasteiger partial charge in [0.05, 0.1) is 19.3 Å². The third kappa shape index (κ3) is 3.26. The number of hydrazone groups is 1. The van der Waals surface area contributed by atoms with Gasteiger partial charge in [0.25, 0.3) is 0 Å². The van der Waals surface area contributed by atoms with Gasteiger partial charge in [0, 0.05) is 24.8 Å². The Morgan fingerprint density at radius 1 is 0.920 bits per heavy atom. The van der Waals surface area contributed by atoms with E-state index in [1.54, 1.807) is 12.3 Å². The molecular weight excluding hydrogens is 312 g/mol. The van der Waals surface area contributed by atoms with Crippen molar-refractivity contribution < 1.29 is 5.11 Å². The number of benzene rings is 2. The summed E-state index contributed by atoms with van der Waals surface area (Å²) >= 11 is 0. The number of rotatable bonds is 3. The number of anilines is 1. The molecule has 1 aliphatic heterocycles. The Balaban J connectivity index is 1.48. The SMILES string of the molecule is Oc1ccc2ccccc2c1/C=N/N1CCN(c2ccccn2)CC1. The van der Waals surface area contributed by atoms with Crippen LogP contribution < -0.4 is 4.90 Å². The van der Waals surface area contributed by atoms with Crippen molar-refractivity contribution in [1.82, 2.24) is 9.99 Å². The lowest BCUT2D eigenvalue weighted by Crippen LogP contribution is -2.44. The molecule has 0 atom stereocenters. The number of aromatic hydroxyl groups is 1. The number of hydrogen-bond acceptors (Lipinski definition) is 5. The Hall–Kier alpha value is -3.08. The van der Waals surface area contributed by atoms with E-state index >= 15 is 0 Å². The molecule has 0 spiro atoms. The van der Waals surface area contributed by atoms with Crippen LogP contribution in [0.3, 0.4) is 0 Å². The summed E-state index contributed by atoms with van der Waals surface area (Å²) < 4.78 is 0. The Morgan fingerprint density at radius 2 is 1.72 bits per heavy atom. The second kappa shape index (κ2) is 6.81. The van der Waals surface area contributed by atoms with Gasteiger partial charge in [0.2, 0.25) is 0 Å². The maximum Gasteiger partial charge on any atom is 0.128 e. The molecule has 2 heterocycles. The molecule has 1 aromatic heterocycles. The molecule has 0 bridgehead atoms. The molecule has 0 aliphatic carbocycles. The van der Waals surface area contributed by atoms with E-state index in [1.807, 2.05) is 59.7 Å². The minimum Gasteiger partial charge on any atom is -0.507 e. The van der Waals surface area contributed by atoms with Crippen molar-refractivity contribution >= 4 is 22.8 Å². The van der Waals surface area contributed by atoms with E-state index in [-0.39, 0.29) is 5.75 Å².